The van der Waals surface area contributed by atoms with E-state index in [-0.39, 0.29) is 5.91 Å². The lowest BCUT2D eigenvalue weighted by Crippen LogP contribution is -2.49. The zero-order valence-corrected chi connectivity index (χ0v) is 13.4. The van der Waals surface area contributed by atoms with Crippen LogP contribution in [-0.2, 0) is 0 Å². The van der Waals surface area contributed by atoms with Crippen LogP contribution in [0.1, 0.15) is 23.2 Å². The standard InChI is InChI=1S/C16H20N4O3/c1-3-22-15-6-4-5-14(17-15)19-7-9-20(10-8-19)16(21)13-11-12(2)18-23-13/h4-6,11H,3,7-10H2,1-2H3. The minimum atomic E-state index is -0.110. The van der Waals surface area contributed by atoms with Crippen LogP contribution in [0, 0.1) is 6.92 Å². The summed E-state index contributed by atoms with van der Waals surface area (Å²) in [5.74, 6) is 1.69. The molecule has 0 aromatic carbocycles. The molecule has 0 N–H and O–H groups in total. The molecule has 1 amide bonds. The third kappa shape index (κ3) is 3.44. The van der Waals surface area contributed by atoms with Gasteiger partial charge in [0.2, 0.25) is 11.6 Å². The van der Waals surface area contributed by atoms with Gasteiger partial charge in [-0.1, -0.05) is 11.2 Å². The largest absolute Gasteiger partial charge is 0.478 e. The Hall–Kier alpha value is -2.57. The van der Waals surface area contributed by atoms with Crippen LogP contribution in [0.3, 0.4) is 0 Å². The number of aryl methyl sites for hydroxylation is 1. The molecule has 7 heteroatoms. The molecule has 122 valence electrons. The van der Waals surface area contributed by atoms with E-state index in [9.17, 15) is 4.79 Å². The summed E-state index contributed by atoms with van der Waals surface area (Å²) in [6, 6.07) is 7.41. The maximum Gasteiger partial charge on any atom is 0.292 e. The highest BCUT2D eigenvalue weighted by atomic mass is 16.5. The predicted octanol–water partition coefficient (Wildman–Crippen LogP) is 1.74. The summed E-state index contributed by atoms with van der Waals surface area (Å²) in [5, 5.41) is 3.77. The average Bonchev–Trinajstić information content (AvgIpc) is 3.01. The lowest BCUT2D eigenvalue weighted by atomic mass is 10.2. The van der Waals surface area contributed by atoms with Crippen molar-refractivity contribution in [2.45, 2.75) is 13.8 Å². The second-order valence-corrected chi connectivity index (χ2v) is 5.38. The maximum atomic E-state index is 12.3. The van der Waals surface area contributed by atoms with Gasteiger partial charge in [0, 0.05) is 38.3 Å². The first kappa shape index (κ1) is 15.3. The first-order valence-electron chi connectivity index (χ1n) is 7.75. The second kappa shape index (κ2) is 6.68. The van der Waals surface area contributed by atoms with Crippen molar-refractivity contribution < 1.29 is 14.1 Å². The fourth-order valence-electron chi connectivity index (χ4n) is 2.57. The van der Waals surface area contributed by atoms with E-state index >= 15 is 0 Å². The van der Waals surface area contributed by atoms with E-state index in [4.69, 9.17) is 9.26 Å². The van der Waals surface area contributed by atoms with Crippen LogP contribution >= 0.6 is 0 Å². The highest BCUT2D eigenvalue weighted by molar-refractivity contribution is 5.91. The fourth-order valence-corrected chi connectivity index (χ4v) is 2.57. The molecule has 1 saturated heterocycles. The third-order valence-corrected chi connectivity index (χ3v) is 3.73. The molecule has 2 aromatic rings. The van der Waals surface area contributed by atoms with E-state index in [0.717, 1.165) is 18.9 Å². The molecule has 1 aliphatic rings. The van der Waals surface area contributed by atoms with Crippen LogP contribution in [0.2, 0.25) is 0 Å². The Labute approximate surface area is 134 Å². The fraction of sp³-hybridized carbons (Fsp3) is 0.438. The summed E-state index contributed by atoms with van der Waals surface area (Å²) < 4.78 is 10.5. The molecular weight excluding hydrogens is 296 g/mol. The Kier molecular flexibility index (Phi) is 4.45. The van der Waals surface area contributed by atoms with Gasteiger partial charge in [-0.3, -0.25) is 4.79 Å². The van der Waals surface area contributed by atoms with Gasteiger partial charge in [-0.25, -0.2) is 0 Å². The van der Waals surface area contributed by atoms with E-state index < -0.39 is 0 Å². The highest BCUT2D eigenvalue weighted by Crippen LogP contribution is 2.18. The van der Waals surface area contributed by atoms with Gasteiger partial charge in [0.25, 0.3) is 5.91 Å². The van der Waals surface area contributed by atoms with E-state index in [2.05, 4.69) is 15.0 Å². The van der Waals surface area contributed by atoms with Gasteiger partial charge in [0.1, 0.15) is 5.82 Å². The minimum Gasteiger partial charge on any atom is -0.478 e. The number of aromatic nitrogens is 2. The highest BCUT2D eigenvalue weighted by Gasteiger charge is 2.25. The van der Waals surface area contributed by atoms with Gasteiger partial charge in [0.05, 0.1) is 12.3 Å². The van der Waals surface area contributed by atoms with Crippen molar-refractivity contribution in [2.75, 3.05) is 37.7 Å². The van der Waals surface area contributed by atoms with Crippen molar-refractivity contribution in [1.29, 1.82) is 0 Å². The zero-order valence-electron chi connectivity index (χ0n) is 13.4. The normalized spacial score (nSPS) is 14.9. The molecule has 0 unspecified atom stereocenters. The smallest absolute Gasteiger partial charge is 0.292 e. The Morgan fingerprint density at radius 3 is 2.74 bits per heavy atom. The number of rotatable bonds is 4. The first-order chi connectivity index (χ1) is 11.2. The SMILES string of the molecule is CCOc1cccc(N2CCN(C(=O)c3cc(C)no3)CC2)n1. The van der Waals surface area contributed by atoms with E-state index in [0.29, 0.717) is 37.0 Å². The van der Waals surface area contributed by atoms with Gasteiger partial charge in [0.15, 0.2) is 0 Å². The predicted molar refractivity (Wildman–Crippen MR) is 84.8 cm³/mol. The number of hydrogen-bond acceptors (Lipinski definition) is 6. The molecule has 3 rings (SSSR count). The number of pyridine rings is 1. The summed E-state index contributed by atoms with van der Waals surface area (Å²) in [6.45, 7) is 7.02. The third-order valence-electron chi connectivity index (χ3n) is 3.73. The van der Waals surface area contributed by atoms with Crippen molar-refractivity contribution >= 4 is 11.7 Å². The lowest BCUT2D eigenvalue weighted by molar-refractivity contribution is 0.0704. The number of ether oxygens (including phenoxy) is 1. The molecule has 0 radical (unpaired) electrons. The molecule has 0 saturated carbocycles. The van der Waals surface area contributed by atoms with Crippen molar-refractivity contribution in [3.63, 3.8) is 0 Å². The molecule has 1 fully saturated rings. The van der Waals surface area contributed by atoms with Crippen molar-refractivity contribution in [3.05, 3.63) is 35.7 Å². The monoisotopic (exact) mass is 316 g/mol. The molecule has 7 nitrogen and oxygen atoms in total. The minimum absolute atomic E-state index is 0.110. The van der Waals surface area contributed by atoms with Crippen molar-refractivity contribution in [1.82, 2.24) is 15.0 Å². The average molecular weight is 316 g/mol. The van der Waals surface area contributed by atoms with Gasteiger partial charge in [-0.15, -0.1) is 0 Å². The number of nitrogens with zero attached hydrogens (tertiary/aromatic N) is 4. The van der Waals surface area contributed by atoms with E-state index in [1.807, 2.05) is 25.1 Å². The van der Waals surface area contributed by atoms with Crippen LogP contribution in [-0.4, -0.2) is 53.7 Å². The Balaban J connectivity index is 1.62. The Morgan fingerprint density at radius 2 is 2.09 bits per heavy atom. The topological polar surface area (TPSA) is 71.7 Å². The van der Waals surface area contributed by atoms with Crippen LogP contribution in [0.5, 0.6) is 5.88 Å². The molecule has 0 aliphatic carbocycles. The van der Waals surface area contributed by atoms with E-state index in [1.165, 1.54) is 0 Å². The zero-order chi connectivity index (χ0) is 16.2. The number of piperazine rings is 1. The number of anilines is 1. The summed E-state index contributed by atoms with van der Waals surface area (Å²) in [4.78, 5) is 20.8. The molecular formula is C16H20N4O3. The molecule has 1 aliphatic heterocycles. The number of amides is 1. The molecule has 0 bridgehead atoms. The van der Waals surface area contributed by atoms with Crippen LogP contribution in [0.25, 0.3) is 0 Å². The Bertz CT molecular complexity index is 677. The molecule has 0 atom stereocenters. The van der Waals surface area contributed by atoms with Crippen LogP contribution in [0.15, 0.2) is 28.8 Å². The molecule has 23 heavy (non-hydrogen) atoms. The summed E-state index contributed by atoms with van der Waals surface area (Å²) in [5.41, 5.74) is 0.712. The maximum absolute atomic E-state index is 12.3. The van der Waals surface area contributed by atoms with Gasteiger partial charge in [-0.2, -0.15) is 4.98 Å². The molecule has 3 heterocycles. The first-order valence-corrected chi connectivity index (χ1v) is 7.75. The summed E-state index contributed by atoms with van der Waals surface area (Å²) >= 11 is 0. The van der Waals surface area contributed by atoms with Crippen LogP contribution in [0.4, 0.5) is 5.82 Å². The van der Waals surface area contributed by atoms with Gasteiger partial charge >= 0.3 is 0 Å². The second-order valence-electron chi connectivity index (χ2n) is 5.38. The number of carbonyl (C=O) groups is 1. The van der Waals surface area contributed by atoms with E-state index in [1.54, 1.807) is 17.9 Å². The lowest BCUT2D eigenvalue weighted by Gasteiger charge is -2.34. The Morgan fingerprint density at radius 1 is 1.30 bits per heavy atom. The van der Waals surface area contributed by atoms with Crippen molar-refractivity contribution in [2.24, 2.45) is 0 Å². The van der Waals surface area contributed by atoms with Crippen molar-refractivity contribution in [3.8, 4) is 5.88 Å². The molecule has 2 aromatic heterocycles. The molecule has 0 spiro atoms. The summed E-state index contributed by atoms with van der Waals surface area (Å²) in [7, 11) is 0. The van der Waals surface area contributed by atoms with Crippen LogP contribution < -0.4 is 9.64 Å². The summed E-state index contributed by atoms with van der Waals surface area (Å²) in [6.07, 6.45) is 0. The van der Waals surface area contributed by atoms with Gasteiger partial charge in [-0.05, 0) is 19.9 Å². The van der Waals surface area contributed by atoms with Gasteiger partial charge < -0.3 is 19.1 Å². The number of hydrogen-bond donors (Lipinski definition) is 0. The number of carbonyl (C=O) groups excluding carboxylic acids is 1. The quantitative estimate of drug-likeness (QED) is 0.855.